The second kappa shape index (κ2) is 7.87. The normalized spacial score (nSPS) is 25.5. The summed E-state index contributed by atoms with van der Waals surface area (Å²) in [4.78, 5) is 17.7. The summed E-state index contributed by atoms with van der Waals surface area (Å²) in [5.74, 6) is -2.50. The van der Waals surface area contributed by atoms with Gasteiger partial charge in [0.1, 0.15) is 0 Å². The van der Waals surface area contributed by atoms with Gasteiger partial charge >= 0.3 is 6.03 Å². The van der Waals surface area contributed by atoms with Crippen molar-refractivity contribution < 1.29 is 13.6 Å². The van der Waals surface area contributed by atoms with E-state index in [4.69, 9.17) is 11.6 Å². The number of anilines is 1. The van der Waals surface area contributed by atoms with Crippen LogP contribution in [0.4, 0.5) is 19.3 Å². The van der Waals surface area contributed by atoms with Crippen LogP contribution in [0, 0.1) is 0 Å². The number of halogens is 3. The Labute approximate surface area is 167 Å². The van der Waals surface area contributed by atoms with Crippen LogP contribution >= 0.6 is 11.6 Å². The van der Waals surface area contributed by atoms with E-state index in [1.54, 1.807) is 12.3 Å². The lowest BCUT2D eigenvalue weighted by atomic mass is 9.89. The van der Waals surface area contributed by atoms with Gasteiger partial charge in [-0.25, -0.2) is 13.6 Å². The standard InChI is InChI=1S/C20H25ClF2N4O/c21-13-1-6-17-16(11-13)18(12-24-17)26-19(28)25-14-2-4-15(5-3-14)27-9-7-20(22,23)8-10-27/h1,6,11-12,14-15,24H,2-5,7-10H2,(H2,25,26,28). The third-order valence-corrected chi connectivity index (χ3v) is 6.20. The summed E-state index contributed by atoms with van der Waals surface area (Å²) in [5, 5.41) is 7.41. The maximum atomic E-state index is 13.3. The molecule has 2 aliphatic rings. The summed E-state index contributed by atoms with van der Waals surface area (Å²) in [7, 11) is 0. The number of hydrogen-bond donors (Lipinski definition) is 3. The summed E-state index contributed by atoms with van der Waals surface area (Å²) in [5.41, 5.74) is 1.60. The van der Waals surface area contributed by atoms with Crippen LogP contribution in [0.15, 0.2) is 24.4 Å². The van der Waals surface area contributed by atoms with Gasteiger partial charge in [-0.2, -0.15) is 0 Å². The number of urea groups is 1. The highest BCUT2D eigenvalue weighted by molar-refractivity contribution is 6.31. The van der Waals surface area contributed by atoms with Crippen LogP contribution in [0.25, 0.3) is 10.9 Å². The minimum absolute atomic E-state index is 0.0395. The molecule has 0 atom stereocenters. The summed E-state index contributed by atoms with van der Waals surface area (Å²) < 4.78 is 26.7. The zero-order valence-electron chi connectivity index (χ0n) is 15.6. The molecule has 2 aromatic rings. The zero-order chi connectivity index (χ0) is 19.7. The number of H-pyrrole nitrogens is 1. The predicted octanol–water partition coefficient (Wildman–Crippen LogP) is 4.99. The zero-order valence-corrected chi connectivity index (χ0v) is 16.4. The van der Waals surface area contributed by atoms with Crippen LogP contribution < -0.4 is 10.6 Å². The number of benzene rings is 1. The summed E-state index contributed by atoms with van der Waals surface area (Å²) in [6.45, 7) is 0.943. The first-order valence-corrected chi connectivity index (χ1v) is 10.2. The quantitative estimate of drug-likeness (QED) is 0.667. The van der Waals surface area contributed by atoms with Crippen molar-refractivity contribution in [1.29, 1.82) is 0 Å². The van der Waals surface area contributed by atoms with Crippen molar-refractivity contribution in [3.05, 3.63) is 29.4 Å². The van der Waals surface area contributed by atoms with E-state index in [2.05, 4.69) is 20.5 Å². The van der Waals surface area contributed by atoms with Crippen molar-refractivity contribution in [1.82, 2.24) is 15.2 Å². The summed E-state index contributed by atoms with van der Waals surface area (Å²) in [6.07, 6.45) is 5.27. The smallest absolute Gasteiger partial charge is 0.319 e. The number of aromatic nitrogens is 1. The van der Waals surface area contributed by atoms with Crippen molar-refractivity contribution in [3.63, 3.8) is 0 Å². The summed E-state index contributed by atoms with van der Waals surface area (Å²) in [6, 6.07) is 5.72. The van der Waals surface area contributed by atoms with Gasteiger partial charge in [-0.15, -0.1) is 0 Å². The molecule has 1 saturated carbocycles. The van der Waals surface area contributed by atoms with E-state index in [0.717, 1.165) is 36.6 Å². The Morgan fingerprint density at radius 3 is 2.61 bits per heavy atom. The van der Waals surface area contributed by atoms with Crippen molar-refractivity contribution in [2.24, 2.45) is 0 Å². The van der Waals surface area contributed by atoms with Crippen LogP contribution in [-0.4, -0.2) is 47.0 Å². The molecule has 2 heterocycles. The number of alkyl halides is 2. The third-order valence-electron chi connectivity index (χ3n) is 5.97. The van der Waals surface area contributed by atoms with Gasteiger partial charge in [-0.05, 0) is 43.9 Å². The van der Waals surface area contributed by atoms with E-state index in [1.807, 2.05) is 12.1 Å². The van der Waals surface area contributed by atoms with Gasteiger partial charge in [0.15, 0.2) is 0 Å². The first-order chi connectivity index (χ1) is 13.4. The number of amides is 2. The molecule has 3 N–H and O–H groups in total. The van der Waals surface area contributed by atoms with E-state index < -0.39 is 5.92 Å². The maximum absolute atomic E-state index is 13.3. The van der Waals surface area contributed by atoms with Gasteiger partial charge in [0, 0.05) is 60.1 Å². The first-order valence-electron chi connectivity index (χ1n) is 9.86. The van der Waals surface area contributed by atoms with Crippen molar-refractivity contribution in [2.75, 3.05) is 18.4 Å². The third kappa shape index (κ3) is 4.41. The summed E-state index contributed by atoms with van der Waals surface area (Å²) >= 11 is 6.05. The molecule has 1 aliphatic heterocycles. The van der Waals surface area contributed by atoms with E-state index in [0.29, 0.717) is 29.8 Å². The second-order valence-corrected chi connectivity index (χ2v) is 8.32. The number of piperidine rings is 1. The Morgan fingerprint density at radius 1 is 1.18 bits per heavy atom. The molecule has 0 unspecified atom stereocenters. The first kappa shape index (κ1) is 19.5. The van der Waals surface area contributed by atoms with Crippen LogP contribution in [0.5, 0.6) is 0 Å². The van der Waals surface area contributed by atoms with Gasteiger partial charge in [0.05, 0.1) is 5.69 Å². The molecular formula is C20H25ClF2N4O. The number of likely N-dealkylation sites (tertiary alicyclic amines) is 1. The van der Waals surface area contributed by atoms with Gasteiger partial charge in [0.2, 0.25) is 0 Å². The van der Waals surface area contributed by atoms with Gasteiger partial charge in [-0.1, -0.05) is 11.6 Å². The molecule has 5 nitrogen and oxygen atoms in total. The molecule has 2 amide bonds. The number of rotatable bonds is 3. The molecule has 4 rings (SSSR count). The number of hydrogen-bond acceptors (Lipinski definition) is 2. The highest BCUT2D eigenvalue weighted by atomic mass is 35.5. The number of nitrogens with zero attached hydrogens (tertiary/aromatic N) is 1. The molecule has 2 fully saturated rings. The number of fused-ring (bicyclic) bond motifs is 1. The Hall–Kier alpha value is -1.86. The SMILES string of the molecule is O=C(Nc1c[nH]c2ccc(Cl)cc12)NC1CCC(N2CCC(F)(F)CC2)CC1. The van der Waals surface area contributed by atoms with Crippen molar-refractivity contribution in [2.45, 2.75) is 56.5 Å². The molecule has 1 saturated heterocycles. The largest absolute Gasteiger partial charge is 0.359 e. The molecule has 0 radical (unpaired) electrons. The van der Waals surface area contributed by atoms with Gasteiger partial charge in [0.25, 0.3) is 5.92 Å². The second-order valence-electron chi connectivity index (χ2n) is 7.89. The fraction of sp³-hybridized carbons (Fsp3) is 0.550. The van der Waals surface area contributed by atoms with Crippen molar-refractivity contribution in [3.8, 4) is 0 Å². The van der Waals surface area contributed by atoms with Gasteiger partial charge < -0.3 is 15.6 Å². The molecule has 1 aromatic heterocycles. The molecule has 28 heavy (non-hydrogen) atoms. The van der Waals surface area contributed by atoms with Crippen molar-refractivity contribution >= 4 is 34.2 Å². The molecule has 1 aromatic carbocycles. The number of carbonyl (C=O) groups is 1. The highest BCUT2D eigenvalue weighted by Gasteiger charge is 2.37. The van der Waals surface area contributed by atoms with Crippen LogP contribution in [0.2, 0.25) is 5.02 Å². The minimum atomic E-state index is -2.50. The lowest BCUT2D eigenvalue weighted by Crippen LogP contribution is -2.48. The predicted molar refractivity (Wildman–Crippen MR) is 107 cm³/mol. The van der Waals surface area contributed by atoms with Gasteiger partial charge in [-0.3, -0.25) is 4.90 Å². The molecular weight excluding hydrogens is 386 g/mol. The van der Waals surface area contributed by atoms with E-state index >= 15 is 0 Å². The molecule has 0 spiro atoms. The highest BCUT2D eigenvalue weighted by Crippen LogP contribution is 2.32. The Bertz CT molecular complexity index is 838. The molecule has 0 bridgehead atoms. The maximum Gasteiger partial charge on any atom is 0.319 e. The lowest BCUT2D eigenvalue weighted by molar-refractivity contribution is -0.0660. The number of nitrogens with one attached hydrogen (secondary N) is 3. The van der Waals surface area contributed by atoms with E-state index in [-0.39, 0.29) is 24.9 Å². The average Bonchev–Trinajstić information content (AvgIpc) is 3.04. The van der Waals surface area contributed by atoms with E-state index in [1.165, 1.54) is 0 Å². The van der Waals surface area contributed by atoms with Crippen LogP contribution in [-0.2, 0) is 0 Å². The fourth-order valence-corrected chi connectivity index (χ4v) is 4.51. The Balaban J connectivity index is 1.26. The number of aromatic amines is 1. The monoisotopic (exact) mass is 410 g/mol. The Morgan fingerprint density at radius 2 is 1.89 bits per heavy atom. The topological polar surface area (TPSA) is 60.2 Å². The Kier molecular flexibility index (Phi) is 5.47. The van der Waals surface area contributed by atoms with Crippen LogP contribution in [0.1, 0.15) is 38.5 Å². The van der Waals surface area contributed by atoms with E-state index in [9.17, 15) is 13.6 Å². The average molecular weight is 411 g/mol. The molecule has 1 aliphatic carbocycles. The minimum Gasteiger partial charge on any atom is -0.359 e. The fourth-order valence-electron chi connectivity index (χ4n) is 4.34. The number of carbonyl (C=O) groups excluding carboxylic acids is 1. The van der Waals surface area contributed by atoms with Crippen LogP contribution in [0.3, 0.4) is 0 Å². The molecule has 8 heteroatoms. The lowest BCUT2D eigenvalue weighted by Gasteiger charge is -2.40. The molecule has 152 valence electrons.